The zero-order valence-electron chi connectivity index (χ0n) is 14.4. The largest absolute Gasteiger partial charge is 0.493 e. The number of ether oxygens (including phenoxy) is 3. The average molecular weight is 360 g/mol. The Bertz CT molecular complexity index is 771. The molecule has 132 valence electrons. The zero-order valence-corrected chi connectivity index (χ0v) is 15.2. The number of benzene rings is 1. The summed E-state index contributed by atoms with van der Waals surface area (Å²) in [6.45, 7) is 0. The van der Waals surface area contributed by atoms with Crippen molar-refractivity contribution in [2.45, 2.75) is 18.8 Å². The standard InChI is InChI=1S/C18H20N2O4S/c1-22-14-8-11(9-15(23-2)17(14)24-3)4-7-16(21)20-18-19-13(10-25-18)12-5-6-12/h4,7-10,12H,5-6H2,1-3H3,(H,19,20,21)/b7-4+. The molecular formula is C18H20N2O4S. The monoisotopic (exact) mass is 360 g/mol. The van der Waals surface area contributed by atoms with E-state index >= 15 is 0 Å². The normalized spacial score (nSPS) is 13.7. The van der Waals surface area contributed by atoms with Gasteiger partial charge in [-0.25, -0.2) is 4.98 Å². The van der Waals surface area contributed by atoms with E-state index in [1.165, 1.54) is 30.3 Å². The Labute approximate surface area is 150 Å². The molecule has 0 radical (unpaired) electrons. The molecule has 1 saturated carbocycles. The van der Waals surface area contributed by atoms with Crippen LogP contribution in [0.4, 0.5) is 5.13 Å². The van der Waals surface area contributed by atoms with Crippen molar-refractivity contribution >= 4 is 28.5 Å². The summed E-state index contributed by atoms with van der Waals surface area (Å²) in [6.07, 6.45) is 5.53. The van der Waals surface area contributed by atoms with Gasteiger partial charge < -0.3 is 14.2 Å². The number of amides is 1. The molecule has 25 heavy (non-hydrogen) atoms. The number of rotatable bonds is 7. The lowest BCUT2D eigenvalue weighted by Crippen LogP contribution is -2.07. The highest BCUT2D eigenvalue weighted by Gasteiger charge is 2.26. The van der Waals surface area contributed by atoms with Gasteiger partial charge in [0.2, 0.25) is 11.7 Å². The topological polar surface area (TPSA) is 69.7 Å². The molecule has 1 aliphatic carbocycles. The van der Waals surface area contributed by atoms with Crippen molar-refractivity contribution < 1.29 is 19.0 Å². The summed E-state index contributed by atoms with van der Waals surface area (Å²) in [6, 6.07) is 3.56. The highest BCUT2D eigenvalue weighted by atomic mass is 32.1. The number of nitrogens with zero attached hydrogens (tertiary/aromatic N) is 1. The predicted molar refractivity (Wildman–Crippen MR) is 97.9 cm³/mol. The van der Waals surface area contributed by atoms with Gasteiger partial charge in [0.25, 0.3) is 0 Å². The third kappa shape index (κ3) is 4.11. The molecule has 1 amide bonds. The van der Waals surface area contributed by atoms with Gasteiger partial charge in [0.1, 0.15) is 0 Å². The van der Waals surface area contributed by atoms with Crippen LogP contribution in [0.1, 0.15) is 30.0 Å². The van der Waals surface area contributed by atoms with Crippen molar-refractivity contribution in [1.29, 1.82) is 0 Å². The Hall–Kier alpha value is -2.54. The van der Waals surface area contributed by atoms with Crippen LogP contribution in [0.15, 0.2) is 23.6 Å². The molecule has 0 aliphatic heterocycles. The summed E-state index contributed by atoms with van der Waals surface area (Å²) in [5.41, 5.74) is 1.84. The molecule has 1 aromatic carbocycles. The first-order valence-corrected chi connectivity index (χ1v) is 8.77. The minimum atomic E-state index is -0.231. The summed E-state index contributed by atoms with van der Waals surface area (Å²) >= 11 is 1.45. The van der Waals surface area contributed by atoms with Crippen LogP contribution in [0.5, 0.6) is 17.2 Å². The Morgan fingerprint density at radius 2 is 1.88 bits per heavy atom. The highest BCUT2D eigenvalue weighted by Crippen LogP contribution is 2.41. The number of carbonyl (C=O) groups excluding carboxylic acids is 1. The Morgan fingerprint density at radius 3 is 2.44 bits per heavy atom. The number of nitrogens with one attached hydrogen (secondary N) is 1. The summed E-state index contributed by atoms with van der Waals surface area (Å²) in [4.78, 5) is 16.5. The van der Waals surface area contributed by atoms with Gasteiger partial charge in [-0.2, -0.15) is 0 Å². The molecule has 0 spiro atoms. The van der Waals surface area contributed by atoms with Crippen LogP contribution in [0.2, 0.25) is 0 Å². The molecule has 6 nitrogen and oxygen atoms in total. The Balaban J connectivity index is 1.70. The van der Waals surface area contributed by atoms with Crippen LogP contribution >= 0.6 is 11.3 Å². The van der Waals surface area contributed by atoms with Crippen molar-refractivity contribution in [3.05, 3.63) is 34.8 Å². The molecule has 0 saturated heterocycles. The van der Waals surface area contributed by atoms with Gasteiger partial charge in [0, 0.05) is 17.4 Å². The van der Waals surface area contributed by atoms with Gasteiger partial charge in [-0.3, -0.25) is 10.1 Å². The van der Waals surface area contributed by atoms with Crippen LogP contribution in [0.3, 0.4) is 0 Å². The van der Waals surface area contributed by atoms with Gasteiger partial charge in [0.15, 0.2) is 16.6 Å². The lowest BCUT2D eigenvalue weighted by molar-refractivity contribution is -0.111. The van der Waals surface area contributed by atoms with E-state index in [2.05, 4.69) is 10.3 Å². The number of anilines is 1. The molecule has 1 aliphatic rings. The molecule has 0 atom stereocenters. The van der Waals surface area contributed by atoms with E-state index in [-0.39, 0.29) is 5.91 Å². The number of aromatic nitrogens is 1. The van der Waals surface area contributed by atoms with Crippen LogP contribution in [0, 0.1) is 0 Å². The average Bonchev–Trinajstić information content (AvgIpc) is 3.38. The molecule has 1 fully saturated rings. The van der Waals surface area contributed by atoms with Gasteiger partial charge in [-0.05, 0) is 36.6 Å². The fraction of sp³-hybridized carbons (Fsp3) is 0.333. The molecule has 1 aromatic heterocycles. The van der Waals surface area contributed by atoms with Crippen molar-refractivity contribution in [3.8, 4) is 17.2 Å². The van der Waals surface area contributed by atoms with E-state index in [0.29, 0.717) is 28.3 Å². The van der Waals surface area contributed by atoms with Crippen molar-refractivity contribution in [2.75, 3.05) is 26.6 Å². The maximum atomic E-state index is 12.1. The van der Waals surface area contributed by atoms with Gasteiger partial charge in [-0.15, -0.1) is 11.3 Å². The molecule has 1 N–H and O–H groups in total. The van der Waals surface area contributed by atoms with Crippen molar-refractivity contribution in [2.24, 2.45) is 0 Å². The quantitative estimate of drug-likeness (QED) is 0.763. The molecular weight excluding hydrogens is 340 g/mol. The number of carbonyl (C=O) groups is 1. The smallest absolute Gasteiger partial charge is 0.250 e. The SMILES string of the molecule is COc1cc(/C=C/C(=O)Nc2nc(C3CC3)cs2)cc(OC)c1OC. The molecule has 1 heterocycles. The number of methoxy groups -OCH3 is 3. The minimum Gasteiger partial charge on any atom is -0.493 e. The van der Waals surface area contributed by atoms with Gasteiger partial charge in [0.05, 0.1) is 27.0 Å². The predicted octanol–water partition coefficient (Wildman–Crippen LogP) is 3.70. The first-order chi connectivity index (χ1) is 12.1. The van der Waals surface area contributed by atoms with Crippen LogP contribution in [-0.2, 0) is 4.79 Å². The second kappa shape index (κ2) is 7.57. The summed E-state index contributed by atoms with van der Waals surface area (Å²) in [5.74, 6) is 1.94. The maximum absolute atomic E-state index is 12.1. The third-order valence-corrected chi connectivity index (χ3v) is 4.64. The van der Waals surface area contributed by atoms with Crippen LogP contribution in [0.25, 0.3) is 6.08 Å². The van der Waals surface area contributed by atoms with E-state index < -0.39 is 0 Å². The first-order valence-electron chi connectivity index (χ1n) is 7.89. The lowest BCUT2D eigenvalue weighted by atomic mass is 10.1. The van der Waals surface area contributed by atoms with E-state index in [1.807, 2.05) is 5.38 Å². The molecule has 0 bridgehead atoms. The molecule has 7 heteroatoms. The van der Waals surface area contributed by atoms with E-state index in [1.54, 1.807) is 39.5 Å². The number of thiazole rings is 1. The van der Waals surface area contributed by atoms with Gasteiger partial charge in [-0.1, -0.05) is 0 Å². The Kier molecular flexibility index (Phi) is 5.23. The number of hydrogen-bond donors (Lipinski definition) is 1. The highest BCUT2D eigenvalue weighted by molar-refractivity contribution is 7.14. The van der Waals surface area contributed by atoms with Crippen LogP contribution in [-0.4, -0.2) is 32.2 Å². The summed E-state index contributed by atoms with van der Waals surface area (Å²) in [5, 5.41) is 5.43. The lowest BCUT2D eigenvalue weighted by Gasteiger charge is -2.12. The third-order valence-electron chi connectivity index (χ3n) is 3.86. The van der Waals surface area contributed by atoms with Crippen LogP contribution < -0.4 is 19.5 Å². The zero-order chi connectivity index (χ0) is 17.8. The Morgan fingerprint density at radius 1 is 1.20 bits per heavy atom. The molecule has 3 rings (SSSR count). The van der Waals surface area contributed by atoms with Crippen molar-refractivity contribution in [3.63, 3.8) is 0 Å². The molecule has 0 unspecified atom stereocenters. The minimum absolute atomic E-state index is 0.231. The van der Waals surface area contributed by atoms with Crippen molar-refractivity contribution in [1.82, 2.24) is 4.98 Å². The first kappa shape index (κ1) is 17.3. The second-order valence-electron chi connectivity index (χ2n) is 5.63. The second-order valence-corrected chi connectivity index (χ2v) is 6.49. The van der Waals surface area contributed by atoms with E-state index in [4.69, 9.17) is 14.2 Å². The fourth-order valence-corrected chi connectivity index (χ4v) is 3.22. The summed E-state index contributed by atoms with van der Waals surface area (Å²) < 4.78 is 15.9. The van der Waals surface area contributed by atoms with E-state index in [9.17, 15) is 4.79 Å². The van der Waals surface area contributed by atoms with Gasteiger partial charge >= 0.3 is 0 Å². The van der Waals surface area contributed by atoms with E-state index in [0.717, 1.165) is 11.3 Å². The fourth-order valence-electron chi connectivity index (χ4n) is 2.43. The number of hydrogen-bond acceptors (Lipinski definition) is 6. The molecule has 2 aromatic rings. The maximum Gasteiger partial charge on any atom is 0.250 e. The summed E-state index contributed by atoms with van der Waals surface area (Å²) in [7, 11) is 4.65.